The standard InChI is InChI=1S/C18H21N3OS/c1-12-8-9-17(13(2)10-12)19-18(23)21-20-14(3)15-6-5-7-16(11-15)22-4/h5-11H,1-4H3,(H2,19,21,23)/b20-14+. The van der Waals surface area contributed by atoms with Crippen molar-refractivity contribution in [2.75, 3.05) is 12.4 Å². The van der Waals surface area contributed by atoms with Crippen LogP contribution in [-0.4, -0.2) is 17.9 Å². The van der Waals surface area contributed by atoms with Gasteiger partial charge in [-0.3, -0.25) is 5.43 Å². The maximum absolute atomic E-state index is 5.29. The number of hydrogen-bond acceptors (Lipinski definition) is 3. The van der Waals surface area contributed by atoms with E-state index in [4.69, 9.17) is 17.0 Å². The highest BCUT2D eigenvalue weighted by Gasteiger charge is 2.02. The molecule has 0 atom stereocenters. The first-order valence-electron chi connectivity index (χ1n) is 7.32. The lowest BCUT2D eigenvalue weighted by atomic mass is 10.1. The smallest absolute Gasteiger partial charge is 0.191 e. The Bertz CT molecular complexity index is 741. The summed E-state index contributed by atoms with van der Waals surface area (Å²) in [6, 6.07) is 13.9. The zero-order valence-corrected chi connectivity index (χ0v) is 14.6. The minimum Gasteiger partial charge on any atom is -0.497 e. The second kappa shape index (κ2) is 7.74. The molecule has 23 heavy (non-hydrogen) atoms. The number of hydrazone groups is 1. The summed E-state index contributed by atoms with van der Waals surface area (Å²) in [5.41, 5.74) is 8.02. The van der Waals surface area contributed by atoms with Gasteiger partial charge in [-0.05, 0) is 56.8 Å². The van der Waals surface area contributed by atoms with Crippen LogP contribution >= 0.6 is 12.2 Å². The van der Waals surface area contributed by atoms with Crippen LogP contribution in [0.15, 0.2) is 47.6 Å². The maximum atomic E-state index is 5.29. The van der Waals surface area contributed by atoms with Crippen molar-refractivity contribution in [1.29, 1.82) is 0 Å². The summed E-state index contributed by atoms with van der Waals surface area (Å²) in [4.78, 5) is 0. The van der Waals surface area contributed by atoms with Gasteiger partial charge in [-0.1, -0.05) is 29.8 Å². The minimum atomic E-state index is 0.458. The predicted octanol–water partition coefficient (Wildman–Crippen LogP) is 4.02. The molecule has 0 aliphatic carbocycles. The molecule has 4 nitrogen and oxygen atoms in total. The third-order valence-corrected chi connectivity index (χ3v) is 3.64. The number of ether oxygens (including phenoxy) is 1. The first kappa shape index (κ1) is 17.0. The second-order valence-electron chi connectivity index (χ2n) is 5.31. The molecule has 0 heterocycles. The van der Waals surface area contributed by atoms with Crippen LogP contribution in [0.25, 0.3) is 0 Å². The summed E-state index contributed by atoms with van der Waals surface area (Å²) in [5, 5.41) is 7.93. The van der Waals surface area contributed by atoms with Crippen LogP contribution in [0.2, 0.25) is 0 Å². The molecule has 5 heteroatoms. The Kier molecular flexibility index (Phi) is 5.71. The van der Waals surface area contributed by atoms with Crippen LogP contribution in [0.3, 0.4) is 0 Å². The van der Waals surface area contributed by atoms with Crippen molar-refractivity contribution in [2.24, 2.45) is 5.10 Å². The number of rotatable bonds is 4. The minimum absolute atomic E-state index is 0.458. The van der Waals surface area contributed by atoms with Crippen molar-refractivity contribution in [2.45, 2.75) is 20.8 Å². The third-order valence-electron chi connectivity index (χ3n) is 3.44. The van der Waals surface area contributed by atoms with Gasteiger partial charge in [0, 0.05) is 11.3 Å². The maximum Gasteiger partial charge on any atom is 0.191 e. The van der Waals surface area contributed by atoms with E-state index in [0.29, 0.717) is 5.11 Å². The fourth-order valence-corrected chi connectivity index (χ4v) is 2.31. The van der Waals surface area contributed by atoms with Crippen molar-refractivity contribution in [3.05, 3.63) is 59.2 Å². The fraction of sp³-hybridized carbons (Fsp3) is 0.222. The summed E-state index contributed by atoms with van der Waals surface area (Å²) < 4.78 is 5.22. The lowest BCUT2D eigenvalue weighted by Gasteiger charge is -2.11. The lowest BCUT2D eigenvalue weighted by molar-refractivity contribution is 0.414. The quantitative estimate of drug-likeness (QED) is 0.506. The summed E-state index contributed by atoms with van der Waals surface area (Å²) in [5.74, 6) is 0.799. The van der Waals surface area contributed by atoms with Crippen molar-refractivity contribution in [3.63, 3.8) is 0 Å². The molecule has 0 aliphatic rings. The Labute approximate surface area is 142 Å². The molecular weight excluding hydrogens is 306 g/mol. The second-order valence-corrected chi connectivity index (χ2v) is 5.72. The van der Waals surface area contributed by atoms with E-state index in [0.717, 1.165) is 28.3 Å². The molecule has 2 aromatic rings. The number of anilines is 1. The zero-order chi connectivity index (χ0) is 16.8. The van der Waals surface area contributed by atoms with Gasteiger partial charge < -0.3 is 10.1 Å². The monoisotopic (exact) mass is 327 g/mol. The zero-order valence-electron chi connectivity index (χ0n) is 13.8. The van der Waals surface area contributed by atoms with Crippen LogP contribution in [0.4, 0.5) is 5.69 Å². The van der Waals surface area contributed by atoms with Crippen LogP contribution in [0, 0.1) is 13.8 Å². The number of nitrogens with one attached hydrogen (secondary N) is 2. The van der Waals surface area contributed by atoms with Gasteiger partial charge in [0.05, 0.1) is 12.8 Å². The summed E-state index contributed by atoms with van der Waals surface area (Å²) in [6.07, 6.45) is 0. The molecule has 2 rings (SSSR count). The summed E-state index contributed by atoms with van der Waals surface area (Å²) >= 11 is 5.29. The van der Waals surface area contributed by atoms with Crippen LogP contribution in [0.1, 0.15) is 23.6 Å². The topological polar surface area (TPSA) is 45.6 Å². The van der Waals surface area contributed by atoms with Crippen molar-refractivity contribution in [1.82, 2.24) is 5.43 Å². The van der Waals surface area contributed by atoms with Gasteiger partial charge in [-0.25, -0.2) is 0 Å². The highest BCUT2D eigenvalue weighted by atomic mass is 32.1. The van der Waals surface area contributed by atoms with E-state index < -0.39 is 0 Å². The van der Waals surface area contributed by atoms with Crippen LogP contribution in [-0.2, 0) is 0 Å². The van der Waals surface area contributed by atoms with Gasteiger partial charge in [-0.15, -0.1) is 0 Å². The molecular formula is C18H21N3OS. The first-order chi connectivity index (χ1) is 11.0. The average molecular weight is 327 g/mol. The molecule has 0 bridgehead atoms. The molecule has 0 aromatic heterocycles. The number of thiocarbonyl (C=S) groups is 1. The van der Waals surface area contributed by atoms with E-state index in [-0.39, 0.29) is 0 Å². The van der Waals surface area contributed by atoms with Crippen molar-refractivity contribution >= 4 is 28.7 Å². The number of methoxy groups -OCH3 is 1. The van der Waals surface area contributed by atoms with Gasteiger partial charge in [0.25, 0.3) is 0 Å². The SMILES string of the molecule is COc1cccc(/C(C)=N/NC(=S)Nc2ccc(C)cc2C)c1. The average Bonchev–Trinajstić information content (AvgIpc) is 2.55. The molecule has 0 amide bonds. The normalized spacial score (nSPS) is 11.0. The first-order valence-corrected chi connectivity index (χ1v) is 7.73. The van der Waals surface area contributed by atoms with Crippen molar-refractivity contribution < 1.29 is 4.74 Å². The van der Waals surface area contributed by atoms with Crippen LogP contribution in [0.5, 0.6) is 5.75 Å². The molecule has 0 fully saturated rings. The van der Waals surface area contributed by atoms with E-state index in [1.807, 2.05) is 50.2 Å². The molecule has 2 N–H and O–H groups in total. The molecule has 0 radical (unpaired) electrons. The molecule has 120 valence electrons. The predicted molar refractivity (Wildman–Crippen MR) is 100 cm³/mol. The van der Waals surface area contributed by atoms with Gasteiger partial charge >= 0.3 is 0 Å². The Morgan fingerprint density at radius 2 is 1.91 bits per heavy atom. The Morgan fingerprint density at radius 1 is 1.13 bits per heavy atom. The number of aryl methyl sites for hydroxylation is 2. The molecule has 0 spiro atoms. The Morgan fingerprint density at radius 3 is 2.61 bits per heavy atom. The molecule has 2 aromatic carbocycles. The Hall–Kier alpha value is -2.40. The van der Waals surface area contributed by atoms with Gasteiger partial charge in [0.2, 0.25) is 0 Å². The molecule has 0 saturated heterocycles. The Balaban J connectivity index is 2.02. The summed E-state index contributed by atoms with van der Waals surface area (Å²) in [6.45, 7) is 6.03. The van der Waals surface area contributed by atoms with E-state index in [1.165, 1.54) is 5.56 Å². The highest BCUT2D eigenvalue weighted by molar-refractivity contribution is 7.80. The van der Waals surface area contributed by atoms with Gasteiger partial charge in [0.1, 0.15) is 5.75 Å². The summed E-state index contributed by atoms with van der Waals surface area (Å²) in [7, 11) is 1.65. The van der Waals surface area contributed by atoms with Crippen LogP contribution < -0.4 is 15.5 Å². The van der Waals surface area contributed by atoms with E-state index in [1.54, 1.807) is 7.11 Å². The number of nitrogens with zero attached hydrogens (tertiary/aromatic N) is 1. The molecule has 0 aliphatic heterocycles. The van der Waals surface area contributed by atoms with E-state index >= 15 is 0 Å². The molecule has 0 saturated carbocycles. The van der Waals surface area contributed by atoms with E-state index in [9.17, 15) is 0 Å². The van der Waals surface area contributed by atoms with Crippen molar-refractivity contribution in [3.8, 4) is 5.75 Å². The third kappa shape index (κ3) is 4.79. The fourth-order valence-electron chi connectivity index (χ4n) is 2.15. The number of benzene rings is 2. The van der Waals surface area contributed by atoms with Gasteiger partial charge in [0.15, 0.2) is 5.11 Å². The lowest BCUT2D eigenvalue weighted by Crippen LogP contribution is -2.25. The van der Waals surface area contributed by atoms with E-state index in [2.05, 4.69) is 28.8 Å². The molecule has 0 unspecified atom stereocenters. The largest absolute Gasteiger partial charge is 0.497 e. The highest BCUT2D eigenvalue weighted by Crippen LogP contribution is 2.16. The van der Waals surface area contributed by atoms with Gasteiger partial charge in [-0.2, -0.15) is 5.10 Å². The number of hydrogen-bond donors (Lipinski definition) is 2.